The first kappa shape index (κ1) is 17.8. The zero-order valence-electron chi connectivity index (χ0n) is 16.6. The van der Waals surface area contributed by atoms with Gasteiger partial charge in [-0.05, 0) is 31.4 Å². The highest BCUT2D eigenvalue weighted by Crippen LogP contribution is 2.36. The number of para-hydroxylation sites is 2. The van der Waals surface area contributed by atoms with E-state index in [0.29, 0.717) is 6.61 Å². The molecule has 2 aliphatic heterocycles. The number of rotatable bonds is 3. The first-order valence-corrected chi connectivity index (χ1v) is 10.6. The third-order valence-corrected chi connectivity index (χ3v) is 6.34. The molecule has 2 aromatic rings. The SMILES string of the molecule is Cn1c(C2COc3ccccc3O2)nnc1N1CCCN(C2CCCC2)CC1. The predicted molar refractivity (Wildman–Crippen MR) is 107 cm³/mol. The van der Waals surface area contributed by atoms with E-state index in [-0.39, 0.29) is 6.10 Å². The second-order valence-corrected chi connectivity index (χ2v) is 8.10. The number of anilines is 1. The van der Waals surface area contributed by atoms with Crippen LogP contribution in [0, 0.1) is 0 Å². The fourth-order valence-corrected chi connectivity index (χ4v) is 4.81. The third kappa shape index (κ3) is 3.32. The van der Waals surface area contributed by atoms with Crippen LogP contribution in [-0.4, -0.2) is 58.5 Å². The summed E-state index contributed by atoms with van der Waals surface area (Å²) in [5.74, 6) is 3.32. The normalized spacial score (nSPS) is 23.8. The summed E-state index contributed by atoms with van der Waals surface area (Å²) in [6.07, 6.45) is 6.47. The molecule has 1 aromatic carbocycles. The molecule has 1 saturated heterocycles. The summed E-state index contributed by atoms with van der Waals surface area (Å²) in [6.45, 7) is 4.80. The van der Waals surface area contributed by atoms with Crippen LogP contribution in [0.15, 0.2) is 24.3 Å². The van der Waals surface area contributed by atoms with E-state index in [2.05, 4.69) is 24.6 Å². The molecular weight excluding hydrogens is 354 g/mol. The minimum atomic E-state index is -0.233. The van der Waals surface area contributed by atoms with Crippen molar-refractivity contribution in [2.45, 2.75) is 44.2 Å². The first-order chi connectivity index (χ1) is 13.8. The fourth-order valence-electron chi connectivity index (χ4n) is 4.81. The standard InChI is InChI=1S/C21H29N5O2/c1-24-20(19-15-27-17-9-4-5-10-18(17)28-19)22-23-21(24)26-12-6-11-25(13-14-26)16-7-2-3-8-16/h4-5,9-10,16,19H,2-3,6-8,11-15H2,1H3. The Bertz CT molecular complexity index is 817. The van der Waals surface area contributed by atoms with Crippen molar-refractivity contribution >= 4 is 5.95 Å². The molecule has 0 spiro atoms. The Hall–Kier alpha value is -2.28. The molecule has 0 amide bonds. The smallest absolute Gasteiger partial charge is 0.227 e. The van der Waals surface area contributed by atoms with E-state index in [1.54, 1.807) is 0 Å². The highest BCUT2D eigenvalue weighted by molar-refractivity contribution is 5.41. The van der Waals surface area contributed by atoms with Gasteiger partial charge >= 0.3 is 0 Å². The van der Waals surface area contributed by atoms with Crippen molar-refractivity contribution in [1.29, 1.82) is 0 Å². The van der Waals surface area contributed by atoms with Crippen molar-refractivity contribution in [3.8, 4) is 11.5 Å². The first-order valence-electron chi connectivity index (χ1n) is 10.6. The molecule has 150 valence electrons. The zero-order valence-corrected chi connectivity index (χ0v) is 16.6. The Labute approximate surface area is 166 Å². The van der Waals surface area contributed by atoms with Crippen LogP contribution in [0.25, 0.3) is 0 Å². The van der Waals surface area contributed by atoms with Crippen molar-refractivity contribution in [1.82, 2.24) is 19.7 Å². The second-order valence-electron chi connectivity index (χ2n) is 8.10. The minimum Gasteiger partial charge on any atom is -0.485 e. The van der Waals surface area contributed by atoms with Crippen LogP contribution in [0.4, 0.5) is 5.95 Å². The van der Waals surface area contributed by atoms with Gasteiger partial charge in [0.15, 0.2) is 23.4 Å². The Balaban J connectivity index is 1.29. The fraction of sp³-hybridized carbons (Fsp3) is 0.619. The van der Waals surface area contributed by atoms with Gasteiger partial charge in [0.2, 0.25) is 5.95 Å². The number of hydrogen-bond donors (Lipinski definition) is 0. The summed E-state index contributed by atoms with van der Waals surface area (Å²) in [5.41, 5.74) is 0. The van der Waals surface area contributed by atoms with Crippen molar-refractivity contribution in [3.63, 3.8) is 0 Å². The van der Waals surface area contributed by atoms with Gasteiger partial charge in [-0.2, -0.15) is 0 Å². The molecule has 7 nitrogen and oxygen atoms in total. The lowest BCUT2D eigenvalue weighted by Crippen LogP contribution is -2.37. The van der Waals surface area contributed by atoms with E-state index in [0.717, 1.165) is 48.9 Å². The molecule has 0 N–H and O–H groups in total. The molecule has 1 aromatic heterocycles. The van der Waals surface area contributed by atoms with Gasteiger partial charge in [-0.25, -0.2) is 0 Å². The maximum atomic E-state index is 6.13. The number of hydrogen-bond acceptors (Lipinski definition) is 6. The molecule has 3 aliphatic rings. The van der Waals surface area contributed by atoms with Gasteiger partial charge in [-0.3, -0.25) is 9.47 Å². The molecule has 1 unspecified atom stereocenters. The van der Waals surface area contributed by atoms with Crippen LogP contribution in [0.2, 0.25) is 0 Å². The van der Waals surface area contributed by atoms with Crippen LogP contribution in [-0.2, 0) is 7.05 Å². The summed E-state index contributed by atoms with van der Waals surface area (Å²) < 4.78 is 14.1. The Kier molecular flexibility index (Phi) is 4.84. The summed E-state index contributed by atoms with van der Waals surface area (Å²) in [7, 11) is 2.04. The molecule has 28 heavy (non-hydrogen) atoms. The van der Waals surface area contributed by atoms with Crippen LogP contribution in [0.1, 0.15) is 44.0 Å². The van der Waals surface area contributed by atoms with E-state index in [1.807, 2.05) is 31.3 Å². The van der Waals surface area contributed by atoms with Gasteiger partial charge in [0.05, 0.1) is 0 Å². The van der Waals surface area contributed by atoms with Crippen LogP contribution < -0.4 is 14.4 Å². The lowest BCUT2D eigenvalue weighted by molar-refractivity contribution is 0.0829. The molecule has 1 saturated carbocycles. The lowest BCUT2D eigenvalue weighted by atomic mass is 10.2. The van der Waals surface area contributed by atoms with Gasteiger partial charge in [0, 0.05) is 39.3 Å². The zero-order chi connectivity index (χ0) is 18.9. The maximum Gasteiger partial charge on any atom is 0.227 e. The van der Waals surface area contributed by atoms with Crippen molar-refractivity contribution < 1.29 is 9.47 Å². The Morgan fingerprint density at radius 1 is 0.929 bits per heavy atom. The lowest BCUT2D eigenvalue weighted by Gasteiger charge is -2.28. The van der Waals surface area contributed by atoms with E-state index in [9.17, 15) is 0 Å². The monoisotopic (exact) mass is 383 g/mol. The van der Waals surface area contributed by atoms with E-state index < -0.39 is 0 Å². The Morgan fingerprint density at radius 2 is 1.75 bits per heavy atom. The minimum absolute atomic E-state index is 0.233. The van der Waals surface area contributed by atoms with Gasteiger partial charge in [0.25, 0.3) is 0 Å². The van der Waals surface area contributed by atoms with Gasteiger partial charge < -0.3 is 14.4 Å². The van der Waals surface area contributed by atoms with E-state index in [1.165, 1.54) is 38.6 Å². The number of fused-ring (bicyclic) bond motifs is 1. The molecule has 5 rings (SSSR count). The van der Waals surface area contributed by atoms with Crippen molar-refractivity contribution in [3.05, 3.63) is 30.1 Å². The summed E-state index contributed by atoms with van der Waals surface area (Å²) in [5, 5.41) is 8.99. The number of benzene rings is 1. The summed E-state index contributed by atoms with van der Waals surface area (Å²) in [4.78, 5) is 5.07. The largest absolute Gasteiger partial charge is 0.485 e. The molecule has 1 aliphatic carbocycles. The van der Waals surface area contributed by atoms with Crippen LogP contribution in [0.5, 0.6) is 11.5 Å². The topological polar surface area (TPSA) is 55.7 Å². The van der Waals surface area contributed by atoms with Crippen molar-refractivity contribution in [2.75, 3.05) is 37.7 Å². The average molecular weight is 383 g/mol. The quantitative estimate of drug-likeness (QED) is 0.812. The molecule has 2 fully saturated rings. The maximum absolute atomic E-state index is 6.13. The van der Waals surface area contributed by atoms with Crippen LogP contribution >= 0.6 is 0 Å². The molecule has 7 heteroatoms. The molecule has 3 heterocycles. The van der Waals surface area contributed by atoms with Crippen molar-refractivity contribution in [2.24, 2.45) is 7.05 Å². The van der Waals surface area contributed by atoms with Gasteiger partial charge in [-0.15, -0.1) is 10.2 Å². The molecule has 0 radical (unpaired) electrons. The number of ether oxygens (including phenoxy) is 2. The van der Waals surface area contributed by atoms with E-state index in [4.69, 9.17) is 9.47 Å². The average Bonchev–Trinajstić information content (AvgIpc) is 3.33. The summed E-state index contributed by atoms with van der Waals surface area (Å²) >= 11 is 0. The molecule has 0 bridgehead atoms. The molecule has 1 atom stereocenters. The third-order valence-electron chi connectivity index (χ3n) is 6.34. The van der Waals surface area contributed by atoms with Crippen LogP contribution in [0.3, 0.4) is 0 Å². The Morgan fingerprint density at radius 3 is 2.61 bits per heavy atom. The highest BCUT2D eigenvalue weighted by Gasteiger charge is 2.30. The number of aromatic nitrogens is 3. The second kappa shape index (κ2) is 7.62. The van der Waals surface area contributed by atoms with Gasteiger partial charge in [0.1, 0.15) is 6.61 Å². The summed E-state index contributed by atoms with van der Waals surface area (Å²) in [6, 6.07) is 8.58. The predicted octanol–water partition coefficient (Wildman–Crippen LogP) is 2.78. The highest BCUT2D eigenvalue weighted by atomic mass is 16.6. The van der Waals surface area contributed by atoms with Gasteiger partial charge in [-0.1, -0.05) is 25.0 Å². The number of nitrogens with zero attached hydrogens (tertiary/aromatic N) is 5. The molecular formula is C21H29N5O2. The van der Waals surface area contributed by atoms with E-state index >= 15 is 0 Å².